The second kappa shape index (κ2) is 67.1. The van der Waals surface area contributed by atoms with E-state index in [4.69, 9.17) is 18.9 Å². The number of carbonyl (C=O) groups is 3. The third-order valence-electron chi connectivity index (χ3n) is 14.6. The monoisotopic (exact) mass is 1210 g/mol. The minimum atomic E-state index is -1.53. The predicted octanol–water partition coefficient (Wildman–Crippen LogP) is 21.9. The molecule has 0 radical (unpaired) electrons. The highest BCUT2D eigenvalue weighted by atomic mass is 16.7. The molecule has 0 saturated heterocycles. The lowest BCUT2D eigenvalue weighted by atomic mass is 10.0. The highest BCUT2D eigenvalue weighted by molar-refractivity contribution is 5.71. The van der Waals surface area contributed by atoms with Crippen molar-refractivity contribution in [1.29, 1.82) is 0 Å². The fourth-order valence-electron chi connectivity index (χ4n) is 9.33. The van der Waals surface area contributed by atoms with Crippen molar-refractivity contribution >= 4 is 17.9 Å². The van der Waals surface area contributed by atoms with Crippen LogP contribution < -0.4 is 0 Å². The third-order valence-corrected chi connectivity index (χ3v) is 14.6. The fraction of sp³-hybridized carbons (Fsp3) is 0.654. The van der Waals surface area contributed by atoms with Gasteiger partial charge < -0.3 is 28.5 Å². The Morgan fingerprint density at radius 2 is 0.632 bits per heavy atom. The number of allylic oxidation sites excluding steroid dienone is 24. The number of esters is 2. The Morgan fingerprint density at radius 1 is 0.345 bits per heavy atom. The van der Waals surface area contributed by atoms with Gasteiger partial charge in [0.1, 0.15) is 13.2 Å². The summed E-state index contributed by atoms with van der Waals surface area (Å²) in [5, 5.41) is 9.73. The van der Waals surface area contributed by atoms with Crippen molar-refractivity contribution in [3.8, 4) is 0 Å². The van der Waals surface area contributed by atoms with Crippen molar-refractivity contribution in [2.75, 3.05) is 47.5 Å². The van der Waals surface area contributed by atoms with E-state index < -0.39 is 24.3 Å². The molecule has 1 N–H and O–H groups in total. The molecule has 2 unspecified atom stereocenters. The predicted molar refractivity (Wildman–Crippen MR) is 373 cm³/mol. The smallest absolute Gasteiger partial charge is 0.361 e. The number of carboxylic acid groups (broad SMARTS) is 1. The molecule has 0 aromatic rings. The summed E-state index contributed by atoms with van der Waals surface area (Å²) >= 11 is 0. The summed E-state index contributed by atoms with van der Waals surface area (Å²) < 4.78 is 22.9. The number of aliphatic carboxylic acids is 1. The van der Waals surface area contributed by atoms with Crippen LogP contribution in [0.4, 0.5) is 0 Å². The molecule has 0 heterocycles. The van der Waals surface area contributed by atoms with Crippen molar-refractivity contribution in [1.82, 2.24) is 0 Å². The number of ether oxygens (including phenoxy) is 4. The quantitative estimate of drug-likeness (QED) is 0.0211. The van der Waals surface area contributed by atoms with Crippen LogP contribution in [0, 0.1) is 0 Å². The molecule has 0 aromatic carbocycles. The molecule has 0 aliphatic rings. The van der Waals surface area contributed by atoms with E-state index in [1.54, 1.807) is 0 Å². The van der Waals surface area contributed by atoms with Crippen LogP contribution in [0.15, 0.2) is 146 Å². The molecule has 0 rings (SSSR count). The lowest BCUT2D eigenvalue weighted by Crippen LogP contribution is -2.40. The van der Waals surface area contributed by atoms with Gasteiger partial charge in [0, 0.05) is 12.8 Å². The second-order valence-electron chi connectivity index (χ2n) is 24.1. The molecule has 9 nitrogen and oxygen atoms in total. The molecule has 0 spiro atoms. The molecular weight excluding hydrogens is 1080 g/mol. The van der Waals surface area contributed by atoms with Crippen LogP contribution in [-0.2, 0) is 33.3 Å². The Morgan fingerprint density at radius 3 is 0.954 bits per heavy atom. The number of quaternary nitrogens is 1. The molecule has 494 valence electrons. The molecule has 0 saturated carbocycles. The van der Waals surface area contributed by atoms with Crippen molar-refractivity contribution in [2.45, 2.75) is 283 Å². The zero-order valence-electron chi connectivity index (χ0n) is 56.4. The summed E-state index contributed by atoms with van der Waals surface area (Å²) in [6, 6.07) is 0. The Hall–Kier alpha value is -4.83. The van der Waals surface area contributed by atoms with E-state index in [1.807, 2.05) is 21.1 Å². The molecule has 0 aliphatic heterocycles. The normalized spacial score (nSPS) is 13.6. The Bertz CT molecular complexity index is 1940. The molecule has 0 aromatic heterocycles. The van der Waals surface area contributed by atoms with Gasteiger partial charge in [0.05, 0.1) is 34.4 Å². The maximum absolute atomic E-state index is 12.9. The van der Waals surface area contributed by atoms with Crippen LogP contribution in [0.1, 0.15) is 271 Å². The van der Waals surface area contributed by atoms with Crippen LogP contribution in [0.5, 0.6) is 0 Å². The molecule has 9 heteroatoms. The molecule has 0 aliphatic carbocycles. The van der Waals surface area contributed by atoms with Crippen molar-refractivity contribution in [3.63, 3.8) is 0 Å². The molecule has 2 atom stereocenters. The van der Waals surface area contributed by atoms with E-state index in [2.05, 4.69) is 160 Å². The van der Waals surface area contributed by atoms with Gasteiger partial charge in [0.2, 0.25) is 0 Å². The maximum Gasteiger partial charge on any atom is 0.361 e. The van der Waals surface area contributed by atoms with Gasteiger partial charge in [-0.1, -0.05) is 295 Å². The number of hydrogen-bond donors (Lipinski definition) is 1. The van der Waals surface area contributed by atoms with Gasteiger partial charge in [-0.15, -0.1) is 0 Å². The van der Waals surface area contributed by atoms with Crippen molar-refractivity contribution in [2.24, 2.45) is 0 Å². The summed E-state index contributed by atoms with van der Waals surface area (Å²) in [5.74, 6) is -2.09. The summed E-state index contributed by atoms with van der Waals surface area (Å²) in [4.78, 5) is 37.6. The van der Waals surface area contributed by atoms with Gasteiger partial charge in [0.25, 0.3) is 6.29 Å². The van der Waals surface area contributed by atoms with E-state index in [0.717, 1.165) is 96.3 Å². The molecule has 87 heavy (non-hydrogen) atoms. The Kier molecular flexibility index (Phi) is 63.4. The minimum Gasteiger partial charge on any atom is -0.477 e. The first kappa shape index (κ1) is 82.2. The fourth-order valence-corrected chi connectivity index (χ4v) is 9.33. The highest BCUT2D eigenvalue weighted by Crippen LogP contribution is 2.17. The van der Waals surface area contributed by atoms with Gasteiger partial charge >= 0.3 is 17.9 Å². The Labute approximate surface area is 534 Å². The zero-order chi connectivity index (χ0) is 63.3. The minimum absolute atomic E-state index is 0.171. The lowest BCUT2D eigenvalue weighted by Gasteiger charge is -2.25. The van der Waals surface area contributed by atoms with Gasteiger partial charge in [0.15, 0.2) is 6.10 Å². The number of carbonyl (C=O) groups excluding carboxylic acids is 2. The lowest BCUT2D eigenvalue weighted by molar-refractivity contribution is -0.870. The average Bonchev–Trinajstić information content (AvgIpc) is 3.50. The van der Waals surface area contributed by atoms with E-state index in [0.29, 0.717) is 23.9 Å². The first-order chi connectivity index (χ1) is 42.6. The maximum atomic E-state index is 12.9. The molecule has 0 amide bonds. The van der Waals surface area contributed by atoms with Gasteiger partial charge in [-0.05, 0) is 109 Å². The van der Waals surface area contributed by atoms with E-state index in [1.165, 1.54) is 135 Å². The van der Waals surface area contributed by atoms with Crippen LogP contribution >= 0.6 is 0 Å². The van der Waals surface area contributed by atoms with E-state index in [9.17, 15) is 19.5 Å². The van der Waals surface area contributed by atoms with E-state index in [-0.39, 0.29) is 38.6 Å². The first-order valence-electron chi connectivity index (χ1n) is 35.0. The second-order valence-corrected chi connectivity index (χ2v) is 24.1. The zero-order valence-corrected chi connectivity index (χ0v) is 56.4. The number of likely N-dealkylation sites (N-methyl/N-ethyl adjacent to an activating group) is 1. The third kappa shape index (κ3) is 68.5. The SMILES string of the molecule is CC/C=C\C/C=C\C/C=C\C/C=C\C/C=C\C/C=C\C/C=C\CCCC(=O)OC(COC(=O)CCCCCCCCCCCCCCCCCCCCCCCCC/C=C\C/C=C\C/C=C\C/C=C\C/C=C\CC)COC(OCC[N+](C)(C)C)C(=O)O. The van der Waals surface area contributed by atoms with Crippen molar-refractivity contribution < 1.29 is 42.9 Å². The topological polar surface area (TPSA) is 108 Å². The van der Waals surface area contributed by atoms with Gasteiger partial charge in [-0.25, -0.2) is 4.79 Å². The number of hydrogen-bond acceptors (Lipinski definition) is 7. The Balaban J connectivity index is 4.10. The van der Waals surface area contributed by atoms with Crippen LogP contribution in [-0.4, -0.2) is 87.4 Å². The van der Waals surface area contributed by atoms with Gasteiger partial charge in [-0.3, -0.25) is 9.59 Å². The summed E-state index contributed by atoms with van der Waals surface area (Å²) in [5.41, 5.74) is 0. The van der Waals surface area contributed by atoms with Crippen LogP contribution in [0.25, 0.3) is 0 Å². The summed E-state index contributed by atoms with van der Waals surface area (Å²) in [6.07, 6.45) is 95.6. The summed E-state index contributed by atoms with van der Waals surface area (Å²) in [6.45, 7) is 4.58. The van der Waals surface area contributed by atoms with Gasteiger partial charge in [-0.2, -0.15) is 0 Å². The van der Waals surface area contributed by atoms with Crippen molar-refractivity contribution in [3.05, 3.63) is 146 Å². The molecule has 0 bridgehead atoms. The van der Waals surface area contributed by atoms with Crippen LogP contribution in [0.3, 0.4) is 0 Å². The largest absolute Gasteiger partial charge is 0.477 e. The number of nitrogens with zero attached hydrogens (tertiary/aromatic N) is 1. The highest BCUT2D eigenvalue weighted by Gasteiger charge is 2.25. The molecular formula is C78H130NO8+. The standard InChI is InChI=1S/C78H129NO8/c1-6-8-10-12-14-16-18-20-22-24-26-28-30-31-32-33-34-35-36-37-38-39-40-41-42-43-44-45-47-48-50-52-54-56-58-60-62-64-66-68-75(80)85-72-74(73-86-78(77(82)83)84-71-70-79(3,4)5)87-76(81)69-67-65-63-61-59-57-55-53-51-49-46-29-27-25-23-21-19-17-15-13-11-9-7-2/h8-11,14-17,20-23,26-29,31-32,49,51,55,57,61,63,74,78H,6-7,12-13,18-19,24-25,30,33-48,50,52-54,56,58-60,62,64-73H2,1-5H3/p+1/b10-8-,11-9-,16-14-,17-15-,22-20-,23-21-,28-26-,29-27-,32-31-,51-49-,57-55-,63-61-. The van der Waals surface area contributed by atoms with E-state index >= 15 is 0 Å². The molecule has 0 fully saturated rings. The number of carboxylic acids is 1. The number of unbranched alkanes of at least 4 members (excludes halogenated alkanes) is 24. The summed E-state index contributed by atoms with van der Waals surface area (Å²) in [7, 11) is 5.95. The average molecular weight is 1210 g/mol. The number of rotatable bonds is 63. The first-order valence-corrected chi connectivity index (χ1v) is 35.0. The van der Waals surface area contributed by atoms with Crippen LogP contribution in [0.2, 0.25) is 0 Å².